The maximum atomic E-state index is 12.5. The average Bonchev–Trinajstić information content (AvgIpc) is 2.56. The van der Waals surface area contributed by atoms with Crippen LogP contribution in [0.5, 0.6) is 0 Å². The minimum absolute atomic E-state index is 0.118. The van der Waals surface area contributed by atoms with Crippen LogP contribution in [0.25, 0.3) is 0 Å². The molecule has 2 aliphatic heterocycles. The average molecular weight is 323 g/mol. The number of halogens is 1. The highest BCUT2D eigenvalue weighted by atomic mass is 35.5. The highest BCUT2D eigenvalue weighted by Gasteiger charge is 2.29. The summed E-state index contributed by atoms with van der Waals surface area (Å²) in [4.78, 5) is 12.5. The van der Waals surface area contributed by atoms with Crippen LogP contribution in [0.2, 0.25) is 5.02 Å². The lowest BCUT2D eigenvalue weighted by Gasteiger charge is -2.42. The van der Waals surface area contributed by atoms with Crippen LogP contribution >= 0.6 is 11.6 Å². The zero-order chi connectivity index (χ0) is 15.5. The number of carbonyl (C=O) groups excluding carboxylic acids is 1. The molecule has 1 aromatic rings. The number of hydrogen-bond acceptors (Lipinski definition) is 4. The molecule has 2 fully saturated rings. The van der Waals surface area contributed by atoms with E-state index in [1.54, 1.807) is 12.1 Å². The van der Waals surface area contributed by atoms with E-state index in [0.717, 1.165) is 57.4 Å². The molecule has 2 saturated heterocycles. The molecule has 0 aromatic heterocycles. The third-order valence-electron chi connectivity index (χ3n) is 4.81. The fraction of sp³-hybridized carbons (Fsp3) is 0.588. The van der Waals surface area contributed by atoms with Crippen LogP contribution in [0.1, 0.15) is 36.0 Å². The Kier molecular flexibility index (Phi) is 5.14. The summed E-state index contributed by atoms with van der Waals surface area (Å²) in [5, 5.41) is 15.0. The number of hydrazine groups is 1. The summed E-state index contributed by atoms with van der Waals surface area (Å²) in [7, 11) is 0. The first-order chi connectivity index (χ1) is 10.6. The largest absolute Gasteiger partial charge is 0.393 e. The van der Waals surface area contributed by atoms with E-state index in [-0.39, 0.29) is 17.8 Å². The fourth-order valence-electron chi connectivity index (χ4n) is 3.40. The molecule has 0 saturated carbocycles. The van der Waals surface area contributed by atoms with E-state index in [9.17, 15) is 9.90 Å². The second-order valence-electron chi connectivity index (χ2n) is 6.28. The third-order valence-corrected chi connectivity index (χ3v) is 5.06. The Hall–Kier alpha value is -0.940. The number of nitrogens with zero attached hydrogens (tertiary/aromatic N) is 2. The summed E-state index contributed by atoms with van der Waals surface area (Å²) in [6.07, 6.45) is 3.37. The van der Waals surface area contributed by atoms with E-state index >= 15 is 0 Å². The van der Waals surface area contributed by atoms with Gasteiger partial charge in [-0.25, -0.2) is 10.0 Å². The molecule has 5 heteroatoms. The molecule has 0 unspecified atom stereocenters. The van der Waals surface area contributed by atoms with Crippen molar-refractivity contribution in [3.8, 4) is 0 Å². The van der Waals surface area contributed by atoms with Gasteiger partial charge in [-0.1, -0.05) is 11.6 Å². The maximum absolute atomic E-state index is 12.5. The van der Waals surface area contributed by atoms with Crippen molar-refractivity contribution in [3.05, 3.63) is 34.9 Å². The SMILES string of the molecule is O=C(c1ccc(Cl)cc1)C1CCN(N2CCC(O)CC2)CC1. The van der Waals surface area contributed by atoms with E-state index in [2.05, 4.69) is 10.0 Å². The monoisotopic (exact) mass is 322 g/mol. The summed E-state index contributed by atoms with van der Waals surface area (Å²) in [5.74, 6) is 0.359. The molecule has 0 spiro atoms. The van der Waals surface area contributed by atoms with Crippen LogP contribution in [0.15, 0.2) is 24.3 Å². The van der Waals surface area contributed by atoms with Crippen molar-refractivity contribution in [2.45, 2.75) is 31.8 Å². The number of aliphatic hydroxyl groups is 1. The van der Waals surface area contributed by atoms with E-state index in [1.165, 1.54) is 0 Å². The van der Waals surface area contributed by atoms with Gasteiger partial charge >= 0.3 is 0 Å². The van der Waals surface area contributed by atoms with Gasteiger partial charge in [-0.3, -0.25) is 4.79 Å². The fourth-order valence-corrected chi connectivity index (χ4v) is 3.52. The van der Waals surface area contributed by atoms with Crippen LogP contribution < -0.4 is 0 Å². The summed E-state index contributed by atoms with van der Waals surface area (Å²) >= 11 is 5.88. The van der Waals surface area contributed by atoms with Crippen molar-refractivity contribution in [2.75, 3.05) is 26.2 Å². The quantitative estimate of drug-likeness (QED) is 0.869. The van der Waals surface area contributed by atoms with Gasteiger partial charge in [0, 0.05) is 42.7 Å². The molecule has 0 radical (unpaired) electrons. The van der Waals surface area contributed by atoms with Crippen LogP contribution in [0.4, 0.5) is 0 Å². The van der Waals surface area contributed by atoms with Gasteiger partial charge in [0.2, 0.25) is 0 Å². The van der Waals surface area contributed by atoms with Gasteiger partial charge in [-0.2, -0.15) is 0 Å². The molecule has 0 atom stereocenters. The Morgan fingerprint density at radius 2 is 1.45 bits per heavy atom. The molecule has 0 bridgehead atoms. The molecule has 3 rings (SSSR count). The minimum Gasteiger partial charge on any atom is -0.393 e. The Morgan fingerprint density at radius 1 is 0.955 bits per heavy atom. The van der Waals surface area contributed by atoms with Crippen molar-refractivity contribution in [1.29, 1.82) is 0 Å². The van der Waals surface area contributed by atoms with Gasteiger partial charge in [-0.05, 0) is 49.9 Å². The Labute approximate surface area is 136 Å². The standard InChI is InChI=1S/C17H23ClN2O2/c18-15-3-1-13(2-4-15)17(22)14-5-9-19(10-6-14)20-11-7-16(21)8-12-20/h1-4,14,16,21H,5-12H2. The zero-order valence-electron chi connectivity index (χ0n) is 12.7. The number of aliphatic hydroxyl groups excluding tert-OH is 1. The molecular weight excluding hydrogens is 300 g/mol. The van der Waals surface area contributed by atoms with Gasteiger partial charge in [0.05, 0.1) is 6.10 Å². The summed E-state index contributed by atoms with van der Waals surface area (Å²) in [5.41, 5.74) is 0.768. The lowest BCUT2D eigenvalue weighted by molar-refractivity contribution is -0.0786. The molecule has 120 valence electrons. The lowest BCUT2D eigenvalue weighted by atomic mass is 9.89. The van der Waals surface area contributed by atoms with Crippen molar-refractivity contribution in [2.24, 2.45) is 5.92 Å². The molecule has 2 heterocycles. The third kappa shape index (κ3) is 3.69. The van der Waals surface area contributed by atoms with E-state index in [0.29, 0.717) is 5.02 Å². The number of ketones is 1. The lowest BCUT2D eigenvalue weighted by Crippen LogP contribution is -2.51. The van der Waals surface area contributed by atoms with Gasteiger partial charge in [-0.15, -0.1) is 0 Å². The van der Waals surface area contributed by atoms with E-state index in [4.69, 9.17) is 11.6 Å². The molecule has 1 aromatic carbocycles. The van der Waals surface area contributed by atoms with Gasteiger partial charge in [0.25, 0.3) is 0 Å². The predicted octanol–water partition coefficient (Wildman–Crippen LogP) is 2.61. The van der Waals surface area contributed by atoms with Gasteiger partial charge in [0.1, 0.15) is 0 Å². The summed E-state index contributed by atoms with van der Waals surface area (Å²) < 4.78 is 0. The van der Waals surface area contributed by atoms with E-state index in [1.807, 2.05) is 12.1 Å². The normalized spacial score (nSPS) is 22.8. The van der Waals surface area contributed by atoms with Crippen molar-refractivity contribution in [1.82, 2.24) is 10.0 Å². The second kappa shape index (κ2) is 7.09. The first-order valence-corrected chi connectivity index (χ1v) is 8.49. The van der Waals surface area contributed by atoms with Crippen LogP contribution in [0, 0.1) is 5.92 Å². The smallest absolute Gasteiger partial charge is 0.166 e. The van der Waals surface area contributed by atoms with Crippen molar-refractivity contribution >= 4 is 17.4 Å². The minimum atomic E-state index is -0.139. The Bertz CT molecular complexity index is 504. The highest BCUT2D eigenvalue weighted by Crippen LogP contribution is 2.25. The number of Topliss-reactive ketones (excluding diaryl/α,β-unsaturated/α-hetero) is 1. The van der Waals surface area contributed by atoms with Crippen molar-refractivity contribution < 1.29 is 9.90 Å². The first kappa shape index (κ1) is 15.9. The van der Waals surface area contributed by atoms with Crippen LogP contribution in [-0.2, 0) is 0 Å². The predicted molar refractivity (Wildman–Crippen MR) is 86.9 cm³/mol. The summed E-state index contributed by atoms with van der Waals surface area (Å²) in [6.45, 7) is 3.72. The van der Waals surface area contributed by atoms with E-state index < -0.39 is 0 Å². The molecule has 22 heavy (non-hydrogen) atoms. The second-order valence-corrected chi connectivity index (χ2v) is 6.72. The molecule has 0 aliphatic carbocycles. The first-order valence-electron chi connectivity index (χ1n) is 8.11. The van der Waals surface area contributed by atoms with Crippen LogP contribution in [-0.4, -0.2) is 53.2 Å². The number of piperidine rings is 2. The summed E-state index contributed by atoms with van der Waals surface area (Å²) in [6, 6.07) is 7.21. The number of hydrogen-bond donors (Lipinski definition) is 1. The number of benzene rings is 1. The van der Waals surface area contributed by atoms with Gasteiger partial charge < -0.3 is 5.11 Å². The van der Waals surface area contributed by atoms with Crippen molar-refractivity contribution in [3.63, 3.8) is 0 Å². The maximum Gasteiger partial charge on any atom is 0.166 e. The molecule has 0 amide bonds. The van der Waals surface area contributed by atoms with Crippen LogP contribution in [0.3, 0.4) is 0 Å². The number of rotatable bonds is 3. The molecule has 2 aliphatic rings. The Morgan fingerprint density at radius 3 is 2.00 bits per heavy atom. The highest BCUT2D eigenvalue weighted by molar-refractivity contribution is 6.30. The topological polar surface area (TPSA) is 43.8 Å². The number of carbonyl (C=O) groups is 1. The van der Waals surface area contributed by atoms with Gasteiger partial charge in [0.15, 0.2) is 5.78 Å². The zero-order valence-corrected chi connectivity index (χ0v) is 13.5. The molecule has 1 N–H and O–H groups in total. The molecule has 4 nitrogen and oxygen atoms in total. The Balaban J connectivity index is 1.53. The molecular formula is C17H23ClN2O2.